The van der Waals surface area contributed by atoms with Gasteiger partial charge in [0.15, 0.2) is 17.3 Å². The number of furan rings is 1. The molecule has 0 radical (unpaired) electrons. The van der Waals surface area contributed by atoms with Gasteiger partial charge in [-0.25, -0.2) is 9.67 Å². The summed E-state index contributed by atoms with van der Waals surface area (Å²) in [5.74, 6) is 4.07. The summed E-state index contributed by atoms with van der Waals surface area (Å²) in [6, 6.07) is 19.0. The lowest BCUT2D eigenvalue weighted by molar-refractivity contribution is 0.275. The molecule has 0 atom stereocenters. The predicted molar refractivity (Wildman–Crippen MR) is 152 cm³/mol. The van der Waals surface area contributed by atoms with Crippen LogP contribution in [0.1, 0.15) is 34.4 Å². The number of hydrogen-bond donors (Lipinski definition) is 0. The normalized spacial score (nSPS) is 11.3. The van der Waals surface area contributed by atoms with Gasteiger partial charge < -0.3 is 27.5 Å². The Morgan fingerprint density at radius 2 is 1.76 bits per heavy atom. The summed E-state index contributed by atoms with van der Waals surface area (Å²) in [7, 11) is 1.59. The van der Waals surface area contributed by atoms with Crippen LogP contribution in [0.15, 0.2) is 86.4 Å². The second kappa shape index (κ2) is 11.9. The van der Waals surface area contributed by atoms with Crippen molar-refractivity contribution in [1.29, 1.82) is 0 Å². The van der Waals surface area contributed by atoms with Crippen molar-refractivity contribution in [3.63, 3.8) is 0 Å². The van der Waals surface area contributed by atoms with Crippen LogP contribution in [0.2, 0.25) is 0 Å². The Kier molecular flexibility index (Phi) is 7.54. The highest BCUT2D eigenvalue weighted by Crippen LogP contribution is 2.31. The Bertz CT molecular complexity index is 1800. The molecule has 0 saturated carbocycles. The summed E-state index contributed by atoms with van der Waals surface area (Å²) in [6.45, 7) is 4.03. The van der Waals surface area contributed by atoms with Gasteiger partial charge >= 0.3 is 0 Å². The summed E-state index contributed by atoms with van der Waals surface area (Å²) in [4.78, 5) is 4.50. The van der Waals surface area contributed by atoms with E-state index in [2.05, 4.69) is 20.3 Å². The number of ether oxygens (including phenoxy) is 3. The van der Waals surface area contributed by atoms with Crippen molar-refractivity contribution in [2.75, 3.05) is 7.11 Å². The molecule has 0 aliphatic heterocycles. The Morgan fingerprint density at radius 3 is 2.52 bits per heavy atom. The van der Waals surface area contributed by atoms with Crippen LogP contribution in [0, 0.1) is 13.8 Å². The first-order valence-corrected chi connectivity index (χ1v) is 13.1. The number of benzene rings is 2. The Labute approximate surface area is 241 Å². The highest BCUT2D eigenvalue weighted by Gasteiger charge is 2.16. The zero-order valence-corrected chi connectivity index (χ0v) is 23.2. The van der Waals surface area contributed by atoms with Gasteiger partial charge in [-0.15, -0.1) is 15.3 Å². The van der Waals surface area contributed by atoms with E-state index < -0.39 is 0 Å². The van der Waals surface area contributed by atoms with Crippen LogP contribution in [0.5, 0.6) is 17.4 Å². The number of rotatable bonds is 11. The zero-order valence-electron chi connectivity index (χ0n) is 23.2. The van der Waals surface area contributed by atoms with Gasteiger partial charge in [0.1, 0.15) is 24.7 Å². The first kappa shape index (κ1) is 26.6. The largest absolute Gasteiger partial charge is 0.493 e. The molecule has 4 heterocycles. The highest BCUT2D eigenvalue weighted by molar-refractivity contribution is 5.68. The molecule has 6 rings (SSSR count). The number of aryl methyl sites for hydroxylation is 2. The number of oxazole rings is 1. The monoisotopic (exact) mass is 565 g/mol. The lowest BCUT2D eigenvalue weighted by Gasteiger charge is -2.12. The summed E-state index contributed by atoms with van der Waals surface area (Å²) in [5.41, 5.74) is 3.19. The highest BCUT2D eigenvalue weighted by atomic mass is 16.5. The van der Waals surface area contributed by atoms with Gasteiger partial charge in [0.2, 0.25) is 17.7 Å². The molecule has 0 N–H and O–H groups in total. The minimum Gasteiger partial charge on any atom is -0.493 e. The van der Waals surface area contributed by atoms with Crippen molar-refractivity contribution in [2.24, 2.45) is 0 Å². The van der Waals surface area contributed by atoms with Crippen LogP contribution in [0.4, 0.5) is 0 Å². The summed E-state index contributed by atoms with van der Waals surface area (Å²) < 4.78 is 36.1. The molecule has 0 saturated heterocycles. The number of nitrogens with zero attached hydrogens (tertiary/aromatic N) is 5. The molecule has 0 fully saturated rings. The van der Waals surface area contributed by atoms with Crippen molar-refractivity contribution >= 4 is 12.2 Å². The average Bonchev–Trinajstić information content (AvgIpc) is 3.82. The van der Waals surface area contributed by atoms with Crippen molar-refractivity contribution in [3.05, 3.63) is 107 Å². The lowest BCUT2D eigenvalue weighted by Crippen LogP contribution is -2.02. The van der Waals surface area contributed by atoms with E-state index in [0.717, 1.165) is 16.8 Å². The number of methoxy groups -OCH3 is 1. The standard InChI is InChI=1S/C31H27N5O6/c1-20-25(32-31(41-20)27-10-7-15-38-27)19-39-26-13-11-22(16-28(26)37-3)18-40-30-23(12-14-29-34-33-21(2)42-29)17-36(35-30)24-8-5-4-6-9-24/h4-17H,18-19H2,1-3H3. The van der Waals surface area contributed by atoms with Crippen molar-refractivity contribution in [2.45, 2.75) is 27.1 Å². The average molecular weight is 566 g/mol. The minimum atomic E-state index is 0.203. The molecule has 0 unspecified atom stereocenters. The maximum atomic E-state index is 6.16. The fourth-order valence-electron chi connectivity index (χ4n) is 4.14. The van der Waals surface area contributed by atoms with Gasteiger partial charge in [0.05, 0.1) is 24.6 Å². The van der Waals surface area contributed by atoms with E-state index in [4.69, 9.17) is 27.5 Å². The van der Waals surface area contributed by atoms with E-state index in [1.807, 2.05) is 67.7 Å². The SMILES string of the molecule is COc1cc(COc2nn(-c3ccccc3)cc2C=Cc2nnc(C)o2)ccc1OCc1nc(-c2ccco2)oc1C. The molecule has 11 heteroatoms. The molecule has 0 spiro atoms. The zero-order chi connectivity index (χ0) is 28.9. The predicted octanol–water partition coefficient (Wildman–Crippen LogP) is 6.46. The molecule has 0 bridgehead atoms. The van der Waals surface area contributed by atoms with E-state index in [1.165, 1.54) is 0 Å². The molecule has 11 nitrogen and oxygen atoms in total. The maximum absolute atomic E-state index is 6.16. The van der Waals surface area contributed by atoms with Gasteiger partial charge in [-0.1, -0.05) is 24.3 Å². The molecule has 212 valence electrons. The van der Waals surface area contributed by atoms with Crippen molar-refractivity contribution in [1.82, 2.24) is 25.0 Å². The molecule has 4 aromatic heterocycles. The summed E-state index contributed by atoms with van der Waals surface area (Å²) in [6.07, 6.45) is 7.01. The van der Waals surface area contributed by atoms with Gasteiger partial charge in [-0.2, -0.15) is 0 Å². The van der Waals surface area contributed by atoms with Crippen LogP contribution in [0.25, 0.3) is 29.5 Å². The Hall–Kier alpha value is -5.58. The number of para-hydroxylation sites is 1. The summed E-state index contributed by atoms with van der Waals surface area (Å²) in [5, 5.41) is 12.5. The molecule has 0 aliphatic rings. The molecular formula is C31H27N5O6. The topological polar surface area (TPSA) is 124 Å². The van der Waals surface area contributed by atoms with Crippen molar-refractivity contribution < 1.29 is 27.5 Å². The van der Waals surface area contributed by atoms with E-state index in [1.54, 1.807) is 43.2 Å². The molecule has 0 amide bonds. The molecule has 2 aromatic carbocycles. The molecule has 0 aliphatic carbocycles. The fraction of sp³-hybridized carbons (Fsp3) is 0.161. The fourth-order valence-corrected chi connectivity index (χ4v) is 4.14. The van der Waals surface area contributed by atoms with Gasteiger partial charge in [0.25, 0.3) is 5.89 Å². The van der Waals surface area contributed by atoms with Gasteiger partial charge in [-0.05, 0) is 55.0 Å². The second-order valence-electron chi connectivity index (χ2n) is 9.22. The third-order valence-corrected chi connectivity index (χ3v) is 6.27. The quantitative estimate of drug-likeness (QED) is 0.173. The van der Waals surface area contributed by atoms with Crippen LogP contribution >= 0.6 is 0 Å². The van der Waals surface area contributed by atoms with Gasteiger partial charge in [0, 0.05) is 19.2 Å². The smallest absolute Gasteiger partial charge is 0.263 e. The van der Waals surface area contributed by atoms with Gasteiger partial charge in [-0.3, -0.25) is 0 Å². The van der Waals surface area contributed by atoms with Crippen LogP contribution < -0.4 is 14.2 Å². The lowest BCUT2D eigenvalue weighted by atomic mass is 10.2. The van der Waals surface area contributed by atoms with Crippen LogP contribution in [-0.2, 0) is 13.2 Å². The number of aromatic nitrogens is 5. The molecule has 42 heavy (non-hydrogen) atoms. The Balaban J connectivity index is 1.17. The van der Waals surface area contributed by atoms with Crippen LogP contribution in [0.3, 0.4) is 0 Å². The first-order chi connectivity index (χ1) is 20.6. The minimum absolute atomic E-state index is 0.203. The van der Waals surface area contributed by atoms with E-state index in [-0.39, 0.29) is 13.2 Å². The van der Waals surface area contributed by atoms with E-state index in [9.17, 15) is 0 Å². The maximum Gasteiger partial charge on any atom is 0.263 e. The number of hydrogen-bond acceptors (Lipinski definition) is 10. The molecule has 6 aromatic rings. The Morgan fingerprint density at radius 1 is 0.881 bits per heavy atom. The second-order valence-corrected chi connectivity index (χ2v) is 9.22. The third-order valence-electron chi connectivity index (χ3n) is 6.27. The van der Waals surface area contributed by atoms with Crippen LogP contribution in [-0.4, -0.2) is 32.1 Å². The van der Waals surface area contributed by atoms with E-state index in [0.29, 0.717) is 52.3 Å². The summed E-state index contributed by atoms with van der Waals surface area (Å²) >= 11 is 0. The third kappa shape index (κ3) is 5.94. The first-order valence-electron chi connectivity index (χ1n) is 13.1. The van der Waals surface area contributed by atoms with E-state index >= 15 is 0 Å². The molecular weight excluding hydrogens is 538 g/mol. The van der Waals surface area contributed by atoms with Crippen molar-refractivity contribution in [3.8, 4) is 34.7 Å².